The van der Waals surface area contributed by atoms with Crippen molar-refractivity contribution < 1.29 is 14.7 Å². The first-order valence-electron chi connectivity index (χ1n) is 12.2. The molecule has 0 fully saturated rings. The van der Waals surface area contributed by atoms with E-state index in [4.69, 9.17) is 0 Å². The van der Waals surface area contributed by atoms with Gasteiger partial charge in [0, 0.05) is 0 Å². The van der Waals surface area contributed by atoms with E-state index in [2.05, 4.69) is 27.7 Å². The third-order valence-electron chi connectivity index (χ3n) is 6.30. The van der Waals surface area contributed by atoms with Crippen LogP contribution in [0.5, 0.6) is 0 Å². The van der Waals surface area contributed by atoms with Crippen LogP contribution in [0.4, 0.5) is 0 Å². The maximum absolute atomic E-state index is 10.2. The molecule has 3 heteroatoms. The van der Waals surface area contributed by atoms with Crippen molar-refractivity contribution in [2.45, 2.75) is 130 Å². The fraction of sp³-hybridized carbons (Fsp3) is 1.00. The highest BCUT2D eigenvalue weighted by molar-refractivity contribution is 4.59. The highest BCUT2D eigenvalue weighted by atomic mass is 16.3. The van der Waals surface area contributed by atoms with E-state index < -0.39 is 0 Å². The molecule has 3 nitrogen and oxygen atoms in total. The minimum absolute atomic E-state index is 0.244. The van der Waals surface area contributed by atoms with Crippen molar-refractivity contribution in [2.75, 3.05) is 26.2 Å². The Hall–Kier alpha value is -0.120. The first-order valence-corrected chi connectivity index (χ1v) is 12.2. The zero-order valence-electron chi connectivity index (χ0n) is 19.2. The number of hydrogen-bond acceptors (Lipinski definition) is 2. The van der Waals surface area contributed by atoms with Crippen LogP contribution in [0.3, 0.4) is 0 Å². The van der Waals surface area contributed by atoms with Crippen molar-refractivity contribution in [2.24, 2.45) is 0 Å². The second-order valence-electron chi connectivity index (χ2n) is 8.76. The monoisotopic (exact) mass is 386 g/mol. The first-order chi connectivity index (χ1) is 13.0. The number of unbranched alkanes of at least 4 members (excludes halogenated alkanes) is 11. The number of quaternary nitrogens is 1. The highest BCUT2D eigenvalue weighted by Gasteiger charge is 2.30. The van der Waals surface area contributed by atoms with Gasteiger partial charge in [0.2, 0.25) is 0 Å². The van der Waals surface area contributed by atoms with Crippen LogP contribution in [0, 0.1) is 0 Å². The number of nitrogens with zero attached hydrogens (tertiary/aromatic N) is 1. The molecule has 0 amide bonds. The van der Waals surface area contributed by atoms with Gasteiger partial charge in [-0.3, -0.25) is 0 Å². The van der Waals surface area contributed by atoms with Gasteiger partial charge in [-0.15, -0.1) is 0 Å². The summed E-state index contributed by atoms with van der Waals surface area (Å²) >= 11 is 0. The maximum Gasteiger partial charge on any atom is 0.105 e. The molecule has 164 valence electrons. The van der Waals surface area contributed by atoms with Crippen LogP contribution in [0.25, 0.3) is 0 Å². The fourth-order valence-electron chi connectivity index (χ4n) is 4.11. The number of aliphatic hydroxyl groups is 2. The Morgan fingerprint density at radius 3 is 1.26 bits per heavy atom. The average Bonchev–Trinajstić information content (AvgIpc) is 2.68. The standard InChI is InChI=1S/C24H52NO2/c1-5-9-10-11-12-13-14-15-16-17-18-19-20-25(8-4,21-23(26)6-2)22-24(27)7-3/h23-24,26-27H,5-22H2,1-4H3/q+1. The van der Waals surface area contributed by atoms with Crippen molar-refractivity contribution in [1.82, 2.24) is 0 Å². The minimum atomic E-state index is -0.244. The van der Waals surface area contributed by atoms with Crippen molar-refractivity contribution >= 4 is 0 Å². The van der Waals surface area contributed by atoms with Gasteiger partial charge in [-0.25, -0.2) is 0 Å². The lowest BCUT2D eigenvalue weighted by molar-refractivity contribution is -0.932. The lowest BCUT2D eigenvalue weighted by Crippen LogP contribution is -2.56. The largest absolute Gasteiger partial charge is 0.387 e. The van der Waals surface area contributed by atoms with E-state index in [1.165, 1.54) is 77.0 Å². The molecule has 0 aromatic carbocycles. The highest BCUT2D eigenvalue weighted by Crippen LogP contribution is 2.17. The molecule has 0 aliphatic carbocycles. The summed E-state index contributed by atoms with van der Waals surface area (Å²) in [6.07, 6.45) is 17.6. The molecule has 0 aliphatic heterocycles. The molecule has 0 spiro atoms. The number of hydrogen-bond donors (Lipinski definition) is 2. The Morgan fingerprint density at radius 1 is 0.556 bits per heavy atom. The lowest BCUT2D eigenvalue weighted by Gasteiger charge is -2.40. The van der Waals surface area contributed by atoms with E-state index in [0.717, 1.165) is 43.5 Å². The third-order valence-corrected chi connectivity index (χ3v) is 6.30. The second-order valence-corrected chi connectivity index (χ2v) is 8.76. The normalized spacial score (nSPS) is 16.2. The Bertz CT molecular complexity index is 297. The van der Waals surface area contributed by atoms with Crippen LogP contribution in [0.1, 0.15) is 118 Å². The zero-order valence-corrected chi connectivity index (χ0v) is 19.2. The summed E-state index contributed by atoms with van der Waals surface area (Å²) in [4.78, 5) is 0. The molecule has 0 saturated carbocycles. The van der Waals surface area contributed by atoms with Crippen LogP contribution in [0.2, 0.25) is 0 Å². The topological polar surface area (TPSA) is 40.5 Å². The molecule has 0 aromatic rings. The average molecular weight is 387 g/mol. The summed E-state index contributed by atoms with van der Waals surface area (Å²) in [7, 11) is 0. The van der Waals surface area contributed by atoms with E-state index in [-0.39, 0.29) is 12.2 Å². The van der Waals surface area contributed by atoms with Crippen molar-refractivity contribution in [3.8, 4) is 0 Å². The molecule has 0 radical (unpaired) electrons. The molecule has 0 bridgehead atoms. The number of likely N-dealkylation sites (N-methyl/N-ethyl adjacent to an activating group) is 1. The van der Waals surface area contributed by atoms with Crippen molar-refractivity contribution in [3.05, 3.63) is 0 Å². The summed E-state index contributed by atoms with van der Waals surface area (Å²) in [5.74, 6) is 0. The molecule has 0 heterocycles. The van der Waals surface area contributed by atoms with Gasteiger partial charge in [-0.1, -0.05) is 85.0 Å². The van der Waals surface area contributed by atoms with E-state index in [1.54, 1.807) is 0 Å². The van der Waals surface area contributed by atoms with Gasteiger partial charge >= 0.3 is 0 Å². The molecular weight excluding hydrogens is 334 g/mol. The van der Waals surface area contributed by atoms with Gasteiger partial charge in [-0.05, 0) is 32.6 Å². The van der Waals surface area contributed by atoms with Crippen LogP contribution in [-0.4, -0.2) is 53.1 Å². The summed E-state index contributed by atoms with van der Waals surface area (Å²) < 4.78 is 0.877. The first kappa shape index (κ1) is 26.9. The Labute approximate surface area is 171 Å². The zero-order chi connectivity index (χ0) is 20.4. The Morgan fingerprint density at radius 2 is 0.926 bits per heavy atom. The van der Waals surface area contributed by atoms with Gasteiger partial charge in [0.25, 0.3) is 0 Å². The van der Waals surface area contributed by atoms with E-state index in [0.29, 0.717) is 0 Å². The summed E-state index contributed by atoms with van der Waals surface area (Å²) in [5, 5.41) is 20.4. The molecule has 2 unspecified atom stereocenters. The van der Waals surface area contributed by atoms with Gasteiger partial charge in [-0.2, -0.15) is 0 Å². The van der Waals surface area contributed by atoms with Gasteiger partial charge in [0.05, 0.1) is 13.1 Å². The molecule has 0 aliphatic rings. The minimum Gasteiger partial charge on any atom is -0.387 e. The molecular formula is C24H52NO2+. The smallest absolute Gasteiger partial charge is 0.105 e. The summed E-state index contributed by atoms with van der Waals surface area (Å²) in [5.41, 5.74) is 0. The molecule has 0 rings (SSSR count). The Kier molecular flexibility index (Phi) is 17.9. The lowest BCUT2D eigenvalue weighted by atomic mass is 10.0. The van der Waals surface area contributed by atoms with E-state index in [1.807, 2.05) is 0 Å². The SMILES string of the molecule is CCCCCCCCCCCCCC[N+](CC)(CC(O)CC)CC(O)CC. The van der Waals surface area contributed by atoms with Gasteiger partial charge in [0.1, 0.15) is 25.3 Å². The van der Waals surface area contributed by atoms with Crippen molar-refractivity contribution in [3.63, 3.8) is 0 Å². The molecule has 0 aromatic heterocycles. The summed E-state index contributed by atoms with van der Waals surface area (Å²) in [6.45, 7) is 12.3. The Balaban J connectivity index is 3.95. The number of aliphatic hydroxyl groups excluding tert-OH is 2. The maximum atomic E-state index is 10.2. The van der Waals surface area contributed by atoms with Crippen LogP contribution in [-0.2, 0) is 0 Å². The van der Waals surface area contributed by atoms with E-state index in [9.17, 15) is 10.2 Å². The van der Waals surface area contributed by atoms with Gasteiger partial charge < -0.3 is 14.7 Å². The predicted molar refractivity (Wildman–Crippen MR) is 119 cm³/mol. The second kappa shape index (κ2) is 17.9. The molecule has 0 saturated heterocycles. The van der Waals surface area contributed by atoms with Crippen LogP contribution >= 0.6 is 0 Å². The molecule has 2 N–H and O–H groups in total. The fourth-order valence-corrected chi connectivity index (χ4v) is 4.11. The quantitative estimate of drug-likeness (QED) is 0.197. The van der Waals surface area contributed by atoms with Crippen LogP contribution in [0.15, 0.2) is 0 Å². The van der Waals surface area contributed by atoms with Gasteiger partial charge in [0.15, 0.2) is 0 Å². The molecule has 27 heavy (non-hydrogen) atoms. The predicted octanol–water partition coefficient (Wildman–Crippen LogP) is 6.07. The van der Waals surface area contributed by atoms with E-state index >= 15 is 0 Å². The van der Waals surface area contributed by atoms with Crippen molar-refractivity contribution in [1.29, 1.82) is 0 Å². The third kappa shape index (κ3) is 14.5. The molecule has 2 atom stereocenters. The number of rotatable bonds is 20. The summed E-state index contributed by atoms with van der Waals surface area (Å²) in [6, 6.07) is 0. The van der Waals surface area contributed by atoms with Crippen LogP contribution < -0.4 is 0 Å².